The number of aromatic nitrogens is 1. The van der Waals surface area contributed by atoms with E-state index in [0.717, 1.165) is 10.9 Å². The molecule has 1 N–H and O–H groups in total. The molecule has 0 saturated carbocycles. The minimum absolute atomic E-state index is 0.0388. The molecule has 0 fully saturated rings. The highest BCUT2D eigenvalue weighted by Crippen LogP contribution is 2.22. The van der Waals surface area contributed by atoms with Crippen LogP contribution in [0.25, 0.3) is 0 Å². The van der Waals surface area contributed by atoms with Crippen molar-refractivity contribution < 1.29 is 9.53 Å². The van der Waals surface area contributed by atoms with Crippen LogP contribution in [0.2, 0.25) is 0 Å². The summed E-state index contributed by atoms with van der Waals surface area (Å²) in [7, 11) is 0. The largest absolute Gasteiger partial charge is 0.492 e. The predicted molar refractivity (Wildman–Crippen MR) is 93.2 cm³/mol. The first kappa shape index (κ1) is 19.2. The summed E-state index contributed by atoms with van der Waals surface area (Å²) in [5.41, 5.74) is 1.06. The Labute approximate surface area is 145 Å². The van der Waals surface area contributed by atoms with Crippen molar-refractivity contribution in [1.29, 1.82) is 5.26 Å². The van der Waals surface area contributed by atoms with Gasteiger partial charge in [-0.15, -0.1) is 0 Å². The van der Waals surface area contributed by atoms with Gasteiger partial charge in [0.25, 0.3) is 0 Å². The number of halogens is 1. The number of carbonyl (C=O) groups excluding carboxylic acids is 1. The van der Waals surface area contributed by atoms with E-state index < -0.39 is 0 Å². The molecule has 0 radical (unpaired) electrons. The lowest BCUT2D eigenvalue weighted by atomic mass is 10.1. The Morgan fingerprint density at radius 3 is 2.87 bits per heavy atom. The summed E-state index contributed by atoms with van der Waals surface area (Å²) in [5, 5.41) is 11.9. The molecule has 0 aromatic carbocycles. The molecule has 0 aliphatic rings. The van der Waals surface area contributed by atoms with Gasteiger partial charge in [-0.3, -0.25) is 9.78 Å². The maximum Gasteiger partial charge on any atom is 0.220 e. The molecule has 1 rings (SSSR count). The fourth-order valence-corrected chi connectivity index (χ4v) is 2.51. The lowest BCUT2D eigenvalue weighted by Crippen LogP contribution is -2.27. The highest BCUT2D eigenvalue weighted by molar-refractivity contribution is 9.11. The van der Waals surface area contributed by atoms with Gasteiger partial charge in [-0.25, -0.2) is 0 Å². The van der Waals surface area contributed by atoms with Gasteiger partial charge in [-0.1, -0.05) is 28.9 Å². The van der Waals surface area contributed by atoms with Gasteiger partial charge >= 0.3 is 0 Å². The number of ether oxygens (including phenoxy) is 1. The van der Waals surface area contributed by atoms with Gasteiger partial charge in [0.1, 0.15) is 17.4 Å². The maximum absolute atomic E-state index is 12.0. The molecule has 1 aromatic rings. The van der Waals surface area contributed by atoms with Crippen LogP contribution in [-0.2, 0) is 4.79 Å². The van der Waals surface area contributed by atoms with Gasteiger partial charge in [-0.2, -0.15) is 5.26 Å². The minimum Gasteiger partial charge on any atom is -0.492 e. The average molecular weight is 380 g/mol. The number of hydrogen-bond donors (Lipinski definition) is 1. The second kappa shape index (κ2) is 10.0. The van der Waals surface area contributed by atoms with E-state index in [1.165, 1.54) is 6.20 Å². The molecule has 1 amide bonds. The molecule has 0 aliphatic carbocycles. The van der Waals surface area contributed by atoms with Crippen LogP contribution < -0.4 is 10.1 Å². The van der Waals surface area contributed by atoms with E-state index in [1.54, 1.807) is 6.07 Å². The highest BCUT2D eigenvalue weighted by atomic mass is 79.9. The van der Waals surface area contributed by atoms with Crippen molar-refractivity contribution >= 4 is 21.8 Å². The van der Waals surface area contributed by atoms with Gasteiger partial charge in [0.2, 0.25) is 5.91 Å². The molecule has 1 heterocycles. The number of carbonyl (C=O) groups is 1. The van der Waals surface area contributed by atoms with Crippen LogP contribution in [0.15, 0.2) is 22.8 Å². The fraction of sp³-hybridized carbons (Fsp3) is 0.471. The molecule has 0 bridgehead atoms. The summed E-state index contributed by atoms with van der Waals surface area (Å²) in [6.45, 7) is 6.24. The van der Waals surface area contributed by atoms with Crippen LogP contribution in [0.5, 0.6) is 5.75 Å². The van der Waals surface area contributed by atoms with E-state index in [4.69, 9.17) is 10.00 Å². The third-order valence-electron chi connectivity index (χ3n) is 3.15. The average Bonchev–Trinajstić information content (AvgIpc) is 2.53. The topological polar surface area (TPSA) is 75.0 Å². The number of amides is 1. The van der Waals surface area contributed by atoms with Gasteiger partial charge < -0.3 is 10.1 Å². The SMILES string of the molecule is CC/C=C(/Br)CCC(=O)NC(C)c1cc(OCC)c(C#N)cn1. The Bertz CT molecular complexity index is 608. The van der Waals surface area contributed by atoms with Crippen molar-refractivity contribution in [2.45, 2.75) is 46.1 Å². The van der Waals surface area contributed by atoms with Gasteiger partial charge in [-0.05, 0) is 31.2 Å². The van der Waals surface area contributed by atoms with Gasteiger partial charge in [0.15, 0.2) is 0 Å². The predicted octanol–water partition coefficient (Wildman–Crippen LogP) is 4.00. The first-order valence-electron chi connectivity index (χ1n) is 7.68. The summed E-state index contributed by atoms with van der Waals surface area (Å²) in [4.78, 5) is 16.2. The Balaban J connectivity index is 2.69. The molecule has 0 spiro atoms. The summed E-state index contributed by atoms with van der Waals surface area (Å²) < 4.78 is 6.48. The second-order valence-corrected chi connectivity index (χ2v) is 6.02. The quantitative estimate of drug-likeness (QED) is 0.740. The Morgan fingerprint density at radius 1 is 1.52 bits per heavy atom. The van der Waals surface area contributed by atoms with Gasteiger partial charge in [0, 0.05) is 18.7 Å². The van der Waals surface area contributed by atoms with E-state index in [1.807, 2.05) is 26.0 Å². The first-order chi connectivity index (χ1) is 11.0. The van der Waals surface area contributed by atoms with Crippen molar-refractivity contribution in [2.24, 2.45) is 0 Å². The number of rotatable bonds is 8. The van der Waals surface area contributed by atoms with E-state index in [0.29, 0.717) is 36.5 Å². The monoisotopic (exact) mass is 379 g/mol. The molecule has 1 unspecified atom stereocenters. The Hall–Kier alpha value is -1.87. The van der Waals surface area contributed by atoms with E-state index in [-0.39, 0.29) is 11.9 Å². The van der Waals surface area contributed by atoms with Crippen LogP contribution in [0, 0.1) is 11.3 Å². The number of allylic oxidation sites excluding steroid dienone is 2. The van der Waals surface area contributed by atoms with Crippen LogP contribution in [0.3, 0.4) is 0 Å². The molecular weight excluding hydrogens is 358 g/mol. The summed E-state index contributed by atoms with van der Waals surface area (Å²) in [6.07, 6.45) is 5.55. The summed E-state index contributed by atoms with van der Waals surface area (Å²) in [5.74, 6) is 0.456. The molecule has 0 saturated heterocycles. The smallest absolute Gasteiger partial charge is 0.220 e. The third-order valence-corrected chi connectivity index (χ3v) is 3.87. The Morgan fingerprint density at radius 2 is 2.26 bits per heavy atom. The van der Waals surface area contributed by atoms with Crippen LogP contribution >= 0.6 is 15.9 Å². The summed E-state index contributed by atoms with van der Waals surface area (Å²) in [6, 6.07) is 3.51. The second-order valence-electron chi connectivity index (χ2n) is 5.00. The van der Waals surface area contributed by atoms with Crippen molar-refractivity contribution in [3.8, 4) is 11.8 Å². The molecule has 1 atom stereocenters. The van der Waals surface area contributed by atoms with Crippen LogP contribution in [0.4, 0.5) is 0 Å². The number of nitrogens with one attached hydrogen (secondary N) is 1. The fourth-order valence-electron chi connectivity index (χ4n) is 1.99. The number of hydrogen-bond acceptors (Lipinski definition) is 4. The number of nitriles is 1. The third kappa shape index (κ3) is 6.41. The zero-order valence-electron chi connectivity index (χ0n) is 13.7. The van der Waals surface area contributed by atoms with E-state index in [9.17, 15) is 4.79 Å². The first-order valence-corrected chi connectivity index (χ1v) is 8.47. The van der Waals surface area contributed by atoms with Crippen LogP contribution in [0.1, 0.15) is 57.3 Å². The minimum atomic E-state index is -0.247. The number of pyridine rings is 1. The normalized spacial score (nSPS) is 12.4. The molecule has 5 nitrogen and oxygen atoms in total. The zero-order chi connectivity index (χ0) is 17.2. The maximum atomic E-state index is 12.0. The van der Waals surface area contributed by atoms with E-state index >= 15 is 0 Å². The lowest BCUT2D eigenvalue weighted by Gasteiger charge is -2.15. The molecular formula is C17H22BrN3O2. The molecule has 6 heteroatoms. The van der Waals surface area contributed by atoms with Crippen LogP contribution in [-0.4, -0.2) is 17.5 Å². The summed E-state index contributed by atoms with van der Waals surface area (Å²) >= 11 is 3.44. The van der Waals surface area contributed by atoms with Crippen molar-refractivity contribution in [2.75, 3.05) is 6.61 Å². The number of nitrogens with zero attached hydrogens (tertiary/aromatic N) is 2. The highest BCUT2D eigenvalue weighted by Gasteiger charge is 2.14. The standard InChI is InChI=1S/C17H22BrN3O2/c1-4-6-14(18)7-8-17(22)21-12(3)15-9-16(23-5-2)13(10-19)11-20-15/h6,9,11-12H,4-5,7-8H2,1-3H3,(H,21,22)/b14-6+. The lowest BCUT2D eigenvalue weighted by molar-refractivity contribution is -0.121. The zero-order valence-corrected chi connectivity index (χ0v) is 15.3. The molecule has 1 aromatic heterocycles. The van der Waals surface area contributed by atoms with E-state index in [2.05, 4.69) is 33.2 Å². The van der Waals surface area contributed by atoms with Crippen molar-refractivity contribution in [3.05, 3.63) is 34.1 Å². The van der Waals surface area contributed by atoms with Crippen molar-refractivity contribution in [3.63, 3.8) is 0 Å². The molecule has 124 valence electrons. The molecule has 23 heavy (non-hydrogen) atoms. The Kier molecular flexibility index (Phi) is 8.35. The molecule has 0 aliphatic heterocycles. The van der Waals surface area contributed by atoms with Gasteiger partial charge in [0.05, 0.1) is 18.3 Å². The van der Waals surface area contributed by atoms with Crippen molar-refractivity contribution in [1.82, 2.24) is 10.3 Å².